The molecule has 0 bridgehead atoms. The highest BCUT2D eigenvalue weighted by Crippen LogP contribution is 1.96. The Hall–Kier alpha value is -0.630. The number of rotatable bonds is 9. The molecule has 0 spiro atoms. The summed E-state index contributed by atoms with van der Waals surface area (Å²) in [6, 6.07) is 2.56. The van der Waals surface area contributed by atoms with Crippen molar-refractivity contribution in [1.82, 2.24) is 4.90 Å². The monoisotopic (exact) mass is 214 g/mol. The topological polar surface area (TPSA) is 45.5 Å². The Labute approximate surface area is 92.8 Å². The molecule has 0 saturated carbocycles. The first-order chi connectivity index (χ1) is 7.22. The van der Waals surface area contributed by atoms with Gasteiger partial charge in [-0.15, -0.1) is 0 Å². The molecule has 0 N–H and O–H groups in total. The molecule has 0 aliphatic carbocycles. The molecular weight excluding hydrogens is 192 g/mol. The van der Waals surface area contributed by atoms with Gasteiger partial charge in [0, 0.05) is 32.9 Å². The summed E-state index contributed by atoms with van der Waals surface area (Å²) in [6.45, 7) is 7.61. The first kappa shape index (κ1) is 14.4. The van der Waals surface area contributed by atoms with Gasteiger partial charge < -0.3 is 9.47 Å². The Morgan fingerprint density at radius 2 is 2.00 bits per heavy atom. The van der Waals surface area contributed by atoms with Crippen LogP contribution in [0.2, 0.25) is 0 Å². The van der Waals surface area contributed by atoms with Crippen LogP contribution in [-0.4, -0.2) is 51.0 Å². The number of nitriles is 1. The molecule has 0 aromatic rings. The Kier molecular flexibility index (Phi) is 9.49. The third kappa shape index (κ3) is 8.37. The second kappa shape index (κ2) is 9.91. The second-order valence-electron chi connectivity index (χ2n) is 3.68. The van der Waals surface area contributed by atoms with Crippen molar-refractivity contribution in [2.24, 2.45) is 0 Å². The van der Waals surface area contributed by atoms with Gasteiger partial charge in [-0.3, -0.25) is 4.90 Å². The lowest BCUT2D eigenvalue weighted by Gasteiger charge is -2.22. The zero-order valence-electron chi connectivity index (χ0n) is 10.0. The van der Waals surface area contributed by atoms with Gasteiger partial charge in [0.05, 0.1) is 19.2 Å². The van der Waals surface area contributed by atoms with Crippen LogP contribution in [0, 0.1) is 11.3 Å². The van der Waals surface area contributed by atoms with Crippen molar-refractivity contribution in [3.05, 3.63) is 0 Å². The fourth-order valence-corrected chi connectivity index (χ4v) is 1.20. The molecule has 0 radical (unpaired) electrons. The van der Waals surface area contributed by atoms with Gasteiger partial charge in [-0.2, -0.15) is 5.26 Å². The first-order valence-corrected chi connectivity index (χ1v) is 5.40. The average molecular weight is 214 g/mol. The molecule has 15 heavy (non-hydrogen) atoms. The van der Waals surface area contributed by atoms with Gasteiger partial charge >= 0.3 is 0 Å². The predicted molar refractivity (Wildman–Crippen MR) is 59.6 cm³/mol. The average Bonchev–Trinajstić information content (AvgIpc) is 2.21. The Bertz CT molecular complexity index is 178. The minimum atomic E-state index is 0.396. The van der Waals surface area contributed by atoms with Crippen molar-refractivity contribution in [3.63, 3.8) is 0 Å². The van der Waals surface area contributed by atoms with Crippen molar-refractivity contribution < 1.29 is 9.47 Å². The fourth-order valence-electron chi connectivity index (χ4n) is 1.20. The van der Waals surface area contributed by atoms with E-state index in [1.54, 1.807) is 7.11 Å². The van der Waals surface area contributed by atoms with Crippen LogP contribution in [0.5, 0.6) is 0 Å². The molecule has 0 aromatic carbocycles. The van der Waals surface area contributed by atoms with Gasteiger partial charge in [-0.25, -0.2) is 0 Å². The predicted octanol–water partition coefficient (Wildman–Crippen LogP) is 1.27. The molecule has 88 valence electrons. The lowest BCUT2D eigenvalue weighted by atomic mass is 10.3. The molecule has 0 aliphatic rings. The van der Waals surface area contributed by atoms with Crippen LogP contribution in [0.25, 0.3) is 0 Å². The summed E-state index contributed by atoms with van der Waals surface area (Å²) >= 11 is 0. The molecule has 0 heterocycles. The van der Waals surface area contributed by atoms with Gasteiger partial charge in [0.1, 0.15) is 0 Å². The highest BCUT2D eigenvalue weighted by atomic mass is 16.5. The van der Waals surface area contributed by atoms with Crippen molar-refractivity contribution in [3.8, 4) is 6.07 Å². The molecule has 0 unspecified atom stereocenters. The highest BCUT2D eigenvalue weighted by molar-refractivity contribution is 4.78. The standard InChI is InChI=1S/C11H22N2O2/c1-11(2)13(6-5-12)7-10-15-9-4-8-14-3/h11H,4,6-10H2,1-3H3. The molecule has 0 saturated heterocycles. The Morgan fingerprint density at radius 3 is 2.53 bits per heavy atom. The largest absolute Gasteiger partial charge is 0.385 e. The minimum Gasteiger partial charge on any atom is -0.385 e. The van der Waals surface area contributed by atoms with E-state index in [2.05, 4.69) is 24.8 Å². The van der Waals surface area contributed by atoms with Gasteiger partial charge in [0.2, 0.25) is 0 Å². The number of ether oxygens (including phenoxy) is 2. The molecular formula is C11H22N2O2. The SMILES string of the molecule is COCCCOCCN(CC#N)C(C)C. The first-order valence-electron chi connectivity index (χ1n) is 5.40. The van der Waals surface area contributed by atoms with Crippen molar-refractivity contribution in [2.45, 2.75) is 26.3 Å². The van der Waals surface area contributed by atoms with Crippen LogP contribution in [0.1, 0.15) is 20.3 Å². The smallest absolute Gasteiger partial charge is 0.0868 e. The maximum atomic E-state index is 8.61. The number of methoxy groups -OCH3 is 1. The summed E-state index contributed by atoms with van der Waals surface area (Å²) in [4.78, 5) is 2.09. The van der Waals surface area contributed by atoms with Crippen LogP contribution >= 0.6 is 0 Å². The van der Waals surface area contributed by atoms with Crippen LogP contribution < -0.4 is 0 Å². The van der Waals surface area contributed by atoms with E-state index in [1.807, 2.05) is 0 Å². The van der Waals surface area contributed by atoms with Crippen molar-refractivity contribution in [1.29, 1.82) is 5.26 Å². The van der Waals surface area contributed by atoms with Gasteiger partial charge in [0.15, 0.2) is 0 Å². The second-order valence-corrected chi connectivity index (χ2v) is 3.68. The molecule has 0 amide bonds. The van der Waals surface area contributed by atoms with E-state index in [0.717, 1.165) is 26.2 Å². The minimum absolute atomic E-state index is 0.396. The van der Waals surface area contributed by atoms with E-state index in [9.17, 15) is 0 Å². The molecule has 4 heteroatoms. The van der Waals surface area contributed by atoms with E-state index >= 15 is 0 Å². The summed E-state index contributed by atoms with van der Waals surface area (Å²) in [5, 5.41) is 8.61. The van der Waals surface area contributed by atoms with Crippen molar-refractivity contribution >= 4 is 0 Å². The van der Waals surface area contributed by atoms with Gasteiger partial charge in [0.25, 0.3) is 0 Å². The molecule has 0 aromatic heterocycles. The summed E-state index contributed by atoms with van der Waals surface area (Å²) in [6.07, 6.45) is 0.927. The van der Waals surface area contributed by atoms with Crippen LogP contribution in [0.15, 0.2) is 0 Å². The lowest BCUT2D eigenvalue weighted by molar-refractivity contribution is 0.0801. The zero-order valence-corrected chi connectivity index (χ0v) is 10.0. The summed E-state index contributed by atoms with van der Waals surface area (Å²) < 4.78 is 10.3. The highest BCUT2D eigenvalue weighted by Gasteiger charge is 2.07. The van der Waals surface area contributed by atoms with E-state index in [1.165, 1.54) is 0 Å². The normalized spacial score (nSPS) is 10.9. The summed E-state index contributed by atoms with van der Waals surface area (Å²) in [7, 11) is 1.69. The maximum Gasteiger partial charge on any atom is 0.0868 e. The van der Waals surface area contributed by atoms with E-state index in [-0.39, 0.29) is 0 Å². The van der Waals surface area contributed by atoms with Crippen LogP contribution in [0.3, 0.4) is 0 Å². The Morgan fingerprint density at radius 1 is 1.27 bits per heavy atom. The van der Waals surface area contributed by atoms with E-state index in [0.29, 0.717) is 19.2 Å². The van der Waals surface area contributed by atoms with Crippen molar-refractivity contribution in [2.75, 3.05) is 40.0 Å². The molecule has 0 fully saturated rings. The number of hydrogen-bond acceptors (Lipinski definition) is 4. The fraction of sp³-hybridized carbons (Fsp3) is 0.909. The van der Waals surface area contributed by atoms with E-state index < -0.39 is 0 Å². The van der Waals surface area contributed by atoms with Crippen LogP contribution in [0.4, 0.5) is 0 Å². The van der Waals surface area contributed by atoms with Crippen LogP contribution in [-0.2, 0) is 9.47 Å². The maximum absolute atomic E-state index is 8.61. The molecule has 0 rings (SSSR count). The molecule has 0 atom stereocenters. The third-order valence-electron chi connectivity index (χ3n) is 2.16. The molecule has 4 nitrogen and oxygen atoms in total. The molecule has 0 aliphatic heterocycles. The Balaban J connectivity index is 3.42. The van der Waals surface area contributed by atoms with Gasteiger partial charge in [-0.1, -0.05) is 0 Å². The third-order valence-corrected chi connectivity index (χ3v) is 2.16. The summed E-state index contributed by atoms with van der Waals surface area (Å²) in [5.74, 6) is 0. The van der Waals surface area contributed by atoms with Gasteiger partial charge in [-0.05, 0) is 20.3 Å². The van der Waals surface area contributed by atoms with E-state index in [4.69, 9.17) is 14.7 Å². The quantitative estimate of drug-likeness (QED) is 0.428. The zero-order chi connectivity index (χ0) is 11.5. The number of hydrogen-bond donors (Lipinski definition) is 0. The number of nitrogens with zero attached hydrogens (tertiary/aromatic N) is 2. The lowest BCUT2D eigenvalue weighted by Crippen LogP contribution is -2.34. The summed E-state index contributed by atoms with van der Waals surface area (Å²) in [5.41, 5.74) is 0.